The van der Waals surface area contributed by atoms with Crippen molar-refractivity contribution in [2.75, 3.05) is 0 Å². The van der Waals surface area contributed by atoms with Gasteiger partial charge in [0.05, 0.1) is 0 Å². The Morgan fingerprint density at radius 2 is 1.86 bits per heavy atom. The van der Waals surface area contributed by atoms with Crippen LogP contribution < -0.4 is 0 Å². The van der Waals surface area contributed by atoms with Gasteiger partial charge in [-0.3, -0.25) is 0 Å². The van der Waals surface area contributed by atoms with Gasteiger partial charge in [0.15, 0.2) is 0 Å². The topological polar surface area (TPSA) is 84.1 Å². The summed E-state index contributed by atoms with van der Waals surface area (Å²) in [5.41, 5.74) is 0. The van der Waals surface area contributed by atoms with Crippen LogP contribution in [0.3, 0.4) is 0 Å². The molecular formula is CH2O5Pb. The second kappa shape index (κ2) is 2.31. The van der Waals surface area contributed by atoms with E-state index in [-0.39, 0.29) is 5.48 Å². The first-order chi connectivity index (χ1) is 2.79. The van der Waals surface area contributed by atoms with Gasteiger partial charge in [0, 0.05) is 0 Å². The molecule has 6 heteroatoms. The third-order valence-electron chi connectivity index (χ3n) is 0.333. The van der Waals surface area contributed by atoms with E-state index in [1.165, 1.54) is 0 Å². The third kappa shape index (κ3) is 1.47. The van der Waals surface area contributed by atoms with Crippen LogP contribution in [0, 0.1) is 0 Å². The van der Waals surface area contributed by atoms with E-state index < -0.39 is 29.8 Å². The molecule has 0 radical (unpaired) electrons. The zero-order valence-corrected chi connectivity index (χ0v) is 7.02. The number of hydrogen-bond donors (Lipinski definition) is 0. The number of rotatable bonds is 0. The van der Waals surface area contributed by atoms with Crippen molar-refractivity contribution in [1.29, 1.82) is 0 Å². The molecule has 40 valence electrons. The molecule has 1 heterocycles. The van der Waals surface area contributed by atoms with Crippen LogP contribution in [0.5, 0.6) is 0 Å². The van der Waals surface area contributed by atoms with Gasteiger partial charge in [-0.25, -0.2) is 0 Å². The van der Waals surface area contributed by atoms with E-state index in [9.17, 15) is 7.48 Å². The molecule has 1 aliphatic heterocycles. The maximum atomic E-state index is 9.74. The van der Waals surface area contributed by atoms with Gasteiger partial charge < -0.3 is 5.48 Å². The average molecular weight is 301 g/mol. The monoisotopic (exact) mass is 302 g/mol. The van der Waals surface area contributed by atoms with E-state index in [1.807, 2.05) is 0 Å². The Bertz CT molecular complexity index is 84.6. The van der Waals surface area contributed by atoms with E-state index in [0.29, 0.717) is 0 Å². The molecule has 0 saturated carbocycles. The van der Waals surface area contributed by atoms with Gasteiger partial charge in [-0.2, -0.15) is 0 Å². The summed E-state index contributed by atoms with van der Waals surface area (Å²) in [5, 5.41) is 0. The molecular weight excluding hydrogens is 299 g/mol. The molecule has 1 fully saturated rings. The molecule has 0 unspecified atom stereocenters. The summed E-state index contributed by atoms with van der Waals surface area (Å²) in [6, 6.07) is 0. The van der Waals surface area contributed by atoms with Crippen LogP contribution in [0.25, 0.3) is 0 Å². The van der Waals surface area contributed by atoms with Crippen molar-refractivity contribution in [2.45, 2.75) is 0 Å². The molecule has 0 aliphatic carbocycles. The molecule has 0 aromatic carbocycles. The zero-order valence-electron chi connectivity index (χ0n) is 3.13. The number of hydrogen-bond acceptors (Lipinski definition) is 4. The Hall–Kier alpha value is -0.0479. The first-order valence-corrected chi connectivity index (χ1v) is 5.99. The molecule has 0 bridgehead atoms. The van der Waals surface area contributed by atoms with Crippen molar-refractivity contribution in [2.24, 2.45) is 0 Å². The Balaban J connectivity index is 0.000000360. The molecule has 2 N–H and O–H groups in total. The van der Waals surface area contributed by atoms with E-state index >= 15 is 0 Å². The van der Waals surface area contributed by atoms with Crippen molar-refractivity contribution >= 4 is 29.8 Å². The fourth-order valence-corrected chi connectivity index (χ4v) is 1.26. The SMILES string of the molecule is O.O=C1[O][Pb](=[O])[O]1. The minimum absolute atomic E-state index is 0. The summed E-state index contributed by atoms with van der Waals surface area (Å²) in [6.45, 7) is 0. The normalized spacial score (nSPS) is 15.4. The van der Waals surface area contributed by atoms with Crippen LogP contribution in [-0.2, 0) is 8.06 Å². The Kier molecular flexibility index (Phi) is 2.29. The molecule has 0 atom stereocenters. The summed E-state index contributed by atoms with van der Waals surface area (Å²) < 4.78 is 17.6. The first-order valence-electron chi connectivity index (χ1n) is 1.22. The molecule has 0 spiro atoms. The van der Waals surface area contributed by atoms with Gasteiger partial charge in [0.2, 0.25) is 0 Å². The van der Waals surface area contributed by atoms with Gasteiger partial charge >= 0.3 is 42.6 Å². The number of carbonyl (C=O) groups excluding carboxylic acids is 1. The first kappa shape index (κ1) is 6.95. The molecule has 0 amide bonds. The Labute approximate surface area is 48.4 Å². The van der Waals surface area contributed by atoms with E-state index in [4.69, 9.17) is 0 Å². The summed E-state index contributed by atoms with van der Waals surface area (Å²) in [7, 11) is 0. The predicted octanol–water partition coefficient (Wildman–Crippen LogP) is -1.26. The van der Waals surface area contributed by atoms with Gasteiger partial charge in [0.25, 0.3) is 0 Å². The van der Waals surface area contributed by atoms with E-state index in [2.05, 4.69) is 5.37 Å². The average Bonchev–Trinajstić information content (AvgIpc) is 1.33. The van der Waals surface area contributed by atoms with Crippen LogP contribution in [-0.4, -0.2) is 35.3 Å². The third-order valence-corrected chi connectivity index (χ3v) is 2.92. The zero-order chi connectivity index (χ0) is 4.57. The van der Waals surface area contributed by atoms with Gasteiger partial charge in [0.1, 0.15) is 0 Å². The minimum atomic E-state index is -3.20. The maximum absolute atomic E-state index is 9.74. The van der Waals surface area contributed by atoms with Crippen molar-refractivity contribution in [3.8, 4) is 0 Å². The summed E-state index contributed by atoms with van der Waals surface area (Å²) >= 11 is -3.20. The van der Waals surface area contributed by atoms with Crippen LogP contribution in [0.2, 0.25) is 0 Å². The fraction of sp³-hybridized carbons (Fsp3) is 0. The second-order valence-electron chi connectivity index (χ2n) is 0.704. The van der Waals surface area contributed by atoms with Crippen LogP contribution in [0.4, 0.5) is 4.79 Å². The second-order valence-corrected chi connectivity index (χ2v) is 4.23. The number of carbonyl (C=O) groups is 1. The van der Waals surface area contributed by atoms with Gasteiger partial charge in [-0.05, 0) is 0 Å². The van der Waals surface area contributed by atoms with Crippen LogP contribution in [0.1, 0.15) is 0 Å². The predicted molar refractivity (Wildman–Crippen MR) is 17.6 cm³/mol. The summed E-state index contributed by atoms with van der Waals surface area (Å²) in [6.07, 6.45) is -0.785. The molecule has 0 aromatic rings. The molecule has 0 aromatic heterocycles. The molecule has 7 heavy (non-hydrogen) atoms. The summed E-state index contributed by atoms with van der Waals surface area (Å²) in [5.74, 6) is 0. The van der Waals surface area contributed by atoms with Crippen molar-refractivity contribution in [3.63, 3.8) is 0 Å². The summed E-state index contributed by atoms with van der Waals surface area (Å²) in [4.78, 5) is 9.52. The quantitative estimate of drug-likeness (QED) is 0.523. The Morgan fingerprint density at radius 3 is 1.86 bits per heavy atom. The van der Waals surface area contributed by atoms with Crippen molar-refractivity contribution < 1.29 is 18.3 Å². The van der Waals surface area contributed by atoms with Gasteiger partial charge in [-0.1, -0.05) is 0 Å². The molecule has 1 rings (SSSR count). The standard InChI is InChI=1S/CH2O3.H2O.O.Pb/c2-1(3)4;;;/h(H2,2,3,4);1H2;;/q;;;+2/p-2. The van der Waals surface area contributed by atoms with Crippen LogP contribution >= 0.6 is 0 Å². The molecule has 5 nitrogen and oxygen atoms in total. The van der Waals surface area contributed by atoms with Gasteiger partial charge in [-0.15, -0.1) is 0 Å². The van der Waals surface area contributed by atoms with Crippen molar-refractivity contribution in [1.82, 2.24) is 0 Å². The van der Waals surface area contributed by atoms with E-state index in [1.54, 1.807) is 0 Å². The van der Waals surface area contributed by atoms with Crippen molar-refractivity contribution in [3.05, 3.63) is 0 Å². The van der Waals surface area contributed by atoms with E-state index in [0.717, 1.165) is 0 Å². The Morgan fingerprint density at radius 1 is 1.43 bits per heavy atom. The fourth-order valence-electron chi connectivity index (χ4n) is 0.144. The molecule has 1 saturated heterocycles. The van der Waals surface area contributed by atoms with Crippen LogP contribution in [0.15, 0.2) is 0 Å². The molecule has 1 aliphatic rings.